The van der Waals surface area contributed by atoms with Gasteiger partial charge in [-0.05, 0) is 61.0 Å². The zero-order valence-electron chi connectivity index (χ0n) is 10.8. The van der Waals surface area contributed by atoms with Gasteiger partial charge in [-0.25, -0.2) is 0 Å². The molecule has 3 aliphatic carbocycles. The summed E-state index contributed by atoms with van der Waals surface area (Å²) in [5.41, 5.74) is 7.43. The van der Waals surface area contributed by atoms with Gasteiger partial charge >= 0.3 is 0 Å². The molecule has 0 saturated heterocycles. The van der Waals surface area contributed by atoms with Crippen LogP contribution in [0.2, 0.25) is 0 Å². The van der Waals surface area contributed by atoms with E-state index in [0.717, 1.165) is 35.1 Å². The Bertz CT molecular complexity index is 459. The Labute approximate surface area is 108 Å². The molecule has 3 heteroatoms. The lowest BCUT2D eigenvalue weighted by Gasteiger charge is -2.17. The molecule has 1 aromatic heterocycles. The highest BCUT2D eigenvalue weighted by Gasteiger charge is 2.66. The van der Waals surface area contributed by atoms with Gasteiger partial charge in [-0.1, -0.05) is 0 Å². The van der Waals surface area contributed by atoms with Crippen molar-refractivity contribution in [2.45, 2.75) is 25.3 Å². The molecule has 1 heterocycles. The maximum atomic E-state index is 6.48. The van der Waals surface area contributed by atoms with E-state index in [0.29, 0.717) is 5.92 Å². The number of fused-ring (bicyclic) bond motifs is 5. The number of hydrogen-bond acceptors (Lipinski definition) is 3. The van der Waals surface area contributed by atoms with Crippen LogP contribution in [0.25, 0.3) is 0 Å². The van der Waals surface area contributed by atoms with E-state index in [1.54, 1.807) is 7.11 Å². The Hall–Kier alpha value is -1.09. The highest BCUT2D eigenvalue weighted by molar-refractivity contribution is 5.32. The zero-order valence-corrected chi connectivity index (χ0v) is 10.8. The molecule has 0 aromatic carbocycles. The lowest BCUT2D eigenvalue weighted by Crippen LogP contribution is -2.19. The van der Waals surface area contributed by atoms with Crippen molar-refractivity contribution in [3.63, 3.8) is 0 Å². The Balaban J connectivity index is 1.60. The SMILES string of the molecule is COc1cccnc1C(N)C1C2C3CCC(C3)C21. The van der Waals surface area contributed by atoms with Crippen LogP contribution in [0.3, 0.4) is 0 Å². The molecule has 5 atom stereocenters. The van der Waals surface area contributed by atoms with Gasteiger partial charge < -0.3 is 10.5 Å². The average molecular weight is 244 g/mol. The van der Waals surface area contributed by atoms with E-state index in [1.807, 2.05) is 18.3 Å². The van der Waals surface area contributed by atoms with Gasteiger partial charge in [0.15, 0.2) is 0 Å². The Morgan fingerprint density at radius 1 is 1.33 bits per heavy atom. The van der Waals surface area contributed by atoms with Crippen molar-refractivity contribution < 1.29 is 4.74 Å². The summed E-state index contributed by atoms with van der Waals surface area (Å²) in [6.45, 7) is 0. The number of aromatic nitrogens is 1. The third-order valence-electron chi connectivity index (χ3n) is 5.54. The highest BCUT2D eigenvalue weighted by Crippen LogP contribution is 2.71. The van der Waals surface area contributed by atoms with Gasteiger partial charge in [-0.15, -0.1) is 0 Å². The Morgan fingerprint density at radius 3 is 2.72 bits per heavy atom. The number of rotatable bonds is 3. The summed E-state index contributed by atoms with van der Waals surface area (Å²) in [7, 11) is 1.70. The number of methoxy groups -OCH3 is 1. The second-order valence-electron chi connectivity index (χ2n) is 6.18. The summed E-state index contributed by atoms with van der Waals surface area (Å²) in [4.78, 5) is 4.46. The normalized spacial score (nSPS) is 41.6. The maximum absolute atomic E-state index is 6.48. The van der Waals surface area contributed by atoms with Crippen LogP contribution < -0.4 is 10.5 Å². The summed E-state index contributed by atoms with van der Waals surface area (Å²) in [5, 5.41) is 0. The number of hydrogen-bond donors (Lipinski definition) is 1. The second-order valence-corrected chi connectivity index (χ2v) is 6.18. The molecule has 3 saturated carbocycles. The molecule has 3 aliphatic rings. The van der Waals surface area contributed by atoms with Crippen molar-refractivity contribution in [2.24, 2.45) is 35.3 Å². The first-order chi connectivity index (χ1) is 8.81. The summed E-state index contributed by atoms with van der Waals surface area (Å²) in [6, 6.07) is 3.95. The maximum Gasteiger partial charge on any atom is 0.141 e. The number of nitrogens with zero attached hydrogens (tertiary/aromatic N) is 1. The van der Waals surface area contributed by atoms with Gasteiger partial charge in [0.05, 0.1) is 18.8 Å². The van der Waals surface area contributed by atoms with E-state index in [9.17, 15) is 0 Å². The van der Waals surface area contributed by atoms with Crippen LogP contribution in [-0.2, 0) is 0 Å². The van der Waals surface area contributed by atoms with Gasteiger partial charge in [0, 0.05) is 6.20 Å². The van der Waals surface area contributed by atoms with Crippen molar-refractivity contribution in [3.05, 3.63) is 24.0 Å². The first kappa shape index (κ1) is 10.8. The van der Waals surface area contributed by atoms with E-state index in [1.165, 1.54) is 19.3 Å². The minimum atomic E-state index is 0.0690. The number of ether oxygens (including phenoxy) is 1. The molecular formula is C15H20N2O. The van der Waals surface area contributed by atoms with E-state index in [2.05, 4.69) is 4.98 Å². The third kappa shape index (κ3) is 1.31. The first-order valence-corrected chi connectivity index (χ1v) is 7.05. The summed E-state index contributed by atoms with van der Waals surface area (Å²) >= 11 is 0. The van der Waals surface area contributed by atoms with Crippen molar-refractivity contribution in [2.75, 3.05) is 7.11 Å². The minimum Gasteiger partial charge on any atom is -0.495 e. The lowest BCUT2D eigenvalue weighted by molar-refractivity contribution is 0.378. The van der Waals surface area contributed by atoms with Gasteiger partial charge in [-0.2, -0.15) is 0 Å². The van der Waals surface area contributed by atoms with E-state index >= 15 is 0 Å². The molecule has 0 spiro atoms. The Kier molecular flexibility index (Phi) is 2.22. The van der Waals surface area contributed by atoms with Crippen molar-refractivity contribution in [1.29, 1.82) is 0 Å². The second kappa shape index (κ2) is 3.70. The molecule has 1 aromatic rings. The summed E-state index contributed by atoms with van der Waals surface area (Å²) < 4.78 is 5.39. The topological polar surface area (TPSA) is 48.1 Å². The minimum absolute atomic E-state index is 0.0690. The smallest absolute Gasteiger partial charge is 0.141 e. The summed E-state index contributed by atoms with van der Waals surface area (Å²) in [5.74, 6) is 5.23. The lowest BCUT2D eigenvalue weighted by atomic mass is 9.95. The van der Waals surface area contributed by atoms with E-state index < -0.39 is 0 Å². The fourth-order valence-corrected chi connectivity index (χ4v) is 4.88. The highest BCUT2D eigenvalue weighted by atomic mass is 16.5. The van der Waals surface area contributed by atoms with Gasteiger partial charge in [-0.3, -0.25) is 4.98 Å². The number of pyridine rings is 1. The standard InChI is InChI=1S/C15H20N2O/c1-18-10-3-2-6-17-15(10)14(16)13-11-8-4-5-9(7-8)12(11)13/h2-3,6,8-9,11-14H,4-5,7,16H2,1H3. The number of nitrogens with two attached hydrogens (primary N) is 1. The van der Waals surface area contributed by atoms with Crippen LogP contribution in [0.4, 0.5) is 0 Å². The summed E-state index contributed by atoms with van der Waals surface area (Å²) in [6.07, 6.45) is 6.17. The van der Waals surface area contributed by atoms with Crippen LogP contribution in [0.1, 0.15) is 31.0 Å². The fraction of sp³-hybridized carbons (Fsp3) is 0.667. The molecule has 0 aliphatic heterocycles. The van der Waals surface area contributed by atoms with Crippen molar-refractivity contribution in [1.82, 2.24) is 4.98 Å². The van der Waals surface area contributed by atoms with Crippen LogP contribution in [0, 0.1) is 29.6 Å². The quantitative estimate of drug-likeness (QED) is 0.888. The molecule has 3 nitrogen and oxygen atoms in total. The predicted molar refractivity (Wildman–Crippen MR) is 69.0 cm³/mol. The molecular weight excluding hydrogens is 224 g/mol. The molecule has 0 amide bonds. The van der Waals surface area contributed by atoms with Crippen molar-refractivity contribution in [3.8, 4) is 5.75 Å². The van der Waals surface area contributed by atoms with Gasteiger partial charge in [0.1, 0.15) is 5.75 Å². The van der Waals surface area contributed by atoms with Crippen molar-refractivity contribution >= 4 is 0 Å². The molecule has 96 valence electrons. The molecule has 5 unspecified atom stereocenters. The van der Waals surface area contributed by atoms with Crippen LogP contribution in [-0.4, -0.2) is 12.1 Å². The molecule has 3 fully saturated rings. The Morgan fingerprint density at radius 2 is 2.06 bits per heavy atom. The van der Waals surface area contributed by atoms with Crippen LogP contribution >= 0.6 is 0 Å². The fourth-order valence-electron chi connectivity index (χ4n) is 4.88. The third-order valence-corrected chi connectivity index (χ3v) is 5.54. The molecule has 2 N–H and O–H groups in total. The predicted octanol–water partition coefficient (Wildman–Crippen LogP) is 2.38. The van der Waals surface area contributed by atoms with E-state index in [-0.39, 0.29) is 6.04 Å². The molecule has 2 bridgehead atoms. The van der Waals surface area contributed by atoms with Crippen LogP contribution in [0.5, 0.6) is 5.75 Å². The van der Waals surface area contributed by atoms with Gasteiger partial charge in [0.25, 0.3) is 0 Å². The molecule has 0 radical (unpaired) electrons. The van der Waals surface area contributed by atoms with E-state index in [4.69, 9.17) is 10.5 Å². The average Bonchev–Trinajstić information content (AvgIpc) is 2.85. The zero-order chi connectivity index (χ0) is 12.3. The van der Waals surface area contributed by atoms with Gasteiger partial charge in [0.2, 0.25) is 0 Å². The molecule has 18 heavy (non-hydrogen) atoms. The molecule has 4 rings (SSSR count). The first-order valence-electron chi connectivity index (χ1n) is 7.05. The monoisotopic (exact) mass is 244 g/mol. The largest absolute Gasteiger partial charge is 0.495 e. The van der Waals surface area contributed by atoms with Crippen LogP contribution in [0.15, 0.2) is 18.3 Å².